The molecule has 1 aromatic carbocycles. The quantitative estimate of drug-likeness (QED) is 0.680. The number of hydrogen-bond acceptors (Lipinski definition) is 5. The number of rotatable bonds is 4. The summed E-state index contributed by atoms with van der Waals surface area (Å²) in [4.78, 5) is 29.3. The summed E-state index contributed by atoms with van der Waals surface area (Å²) < 4.78 is 21.1. The van der Waals surface area contributed by atoms with Gasteiger partial charge in [-0.25, -0.2) is 9.18 Å². The summed E-state index contributed by atoms with van der Waals surface area (Å²) in [6, 6.07) is 2.75. The third kappa shape index (κ3) is 4.49. The van der Waals surface area contributed by atoms with Gasteiger partial charge in [-0.1, -0.05) is 32.4 Å². The molecule has 4 rings (SSSR count). The van der Waals surface area contributed by atoms with Crippen molar-refractivity contribution in [3.63, 3.8) is 0 Å². The number of hydrogen-bond donors (Lipinski definition) is 2. The summed E-state index contributed by atoms with van der Waals surface area (Å²) in [7, 11) is 0. The lowest BCUT2D eigenvalue weighted by molar-refractivity contribution is 0.0175. The molecule has 1 fully saturated rings. The lowest BCUT2D eigenvalue weighted by Crippen LogP contribution is -2.53. The molecule has 184 valence electrons. The normalized spacial score (nSPS) is 21.4. The van der Waals surface area contributed by atoms with Gasteiger partial charge in [-0.05, 0) is 23.6 Å². The molecule has 3 heterocycles. The SMILES string of the molecule is CC(C)(C)C1c2c(C(N)=O)c(-c3ccc(F)c(Cl)c3)nn2C(CN2CCOCC2)CN1C(N)=O. The fourth-order valence-corrected chi connectivity index (χ4v) is 5.13. The number of carbonyl (C=O) groups excluding carboxylic acids is 2. The van der Waals surface area contributed by atoms with Gasteiger partial charge < -0.3 is 21.1 Å². The largest absolute Gasteiger partial charge is 0.379 e. The van der Waals surface area contributed by atoms with E-state index in [2.05, 4.69) is 4.90 Å². The van der Waals surface area contributed by atoms with E-state index in [4.69, 9.17) is 32.9 Å². The van der Waals surface area contributed by atoms with Gasteiger partial charge in [0.15, 0.2) is 0 Å². The molecule has 34 heavy (non-hydrogen) atoms. The Hall–Kier alpha value is -2.69. The van der Waals surface area contributed by atoms with Crippen molar-refractivity contribution < 1.29 is 18.7 Å². The molecule has 1 saturated heterocycles. The zero-order chi connectivity index (χ0) is 24.8. The highest BCUT2D eigenvalue weighted by Gasteiger charge is 2.46. The lowest BCUT2D eigenvalue weighted by Gasteiger charge is -2.46. The van der Waals surface area contributed by atoms with Crippen molar-refractivity contribution in [2.24, 2.45) is 16.9 Å². The second-order valence-electron chi connectivity index (χ2n) is 9.87. The number of fused-ring (bicyclic) bond motifs is 1. The van der Waals surface area contributed by atoms with Gasteiger partial charge in [0, 0.05) is 31.7 Å². The zero-order valence-corrected chi connectivity index (χ0v) is 20.3. The molecule has 4 N–H and O–H groups in total. The highest BCUT2D eigenvalue weighted by Crippen LogP contribution is 2.46. The molecule has 1 aromatic heterocycles. The minimum atomic E-state index is -0.692. The van der Waals surface area contributed by atoms with Crippen LogP contribution in [0.1, 0.15) is 48.9 Å². The fraction of sp³-hybridized carbons (Fsp3) is 0.522. The maximum atomic E-state index is 13.9. The maximum Gasteiger partial charge on any atom is 0.315 e. The Morgan fingerprint density at radius 3 is 2.47 bits per heavy atom. The highest BCUT2D eigenvalue weighted by atomic mass is 35.5. The smallest absolute Gasteiger partial charge is 0.315 e. The summed E-state index contributed by atoms with van der Waals surface area (Å²) in [5.41, 5.74) is 12.7. The van der Waals surface area contributed by atoms with Crippen LogP contribution in [-0.2, 0) is 4.74 Å². The summed E-state index contributed by atoms with van der Waals surface area (Å²) in [6.45, 7) is 9.53. The number of nitrogens with two attached hydrogens (primary N) is 2. The van der Waals surface area contributed by atoms with Crippen LogP contribution in [0.4, 0.5) is 9.18 Å². The monoisotopic (exact) mass is 492 g/mol. The van der Waals surface area contributed by atoms with E-state index in [1.807, 2.05) is 20.8 Å². The molecule has 2 aliphatic heterocycles. The molecule has 0 saturated carbocycles. The van der Waals surface area contributed by atoms with Crippen LogP contribution in [0.15, 0.2) is 18.2 Å². The van der Waals surface area contributed by atoms with E-state index in [9.17, 15) is 14.0 Å². The van der Waals surface area contributed by atoms with Gasteiger partial charge in [0.2, 0.25) is 0 Å². The molecule has 0 radical (unpaired) electrons. The van der Waals surface area contributed by atoms with Crippen molar-refractivity contribution in [1.82, 2.24) is 19.6 Å². The van der Waals surface area contributed by atoms with Gasteiger partial charge in [-0.2, -0.15) is 5.10 Å². The number of benzene rings is 1. The first-order valence-corrected chi connectivity index (χ1v) is 11.6. The first-order chi connectivity index (χ1) is 16.0. The number of aromatic nitrogens is 2. The topological polar surface area (TPSA) is 120 Å². The van der Waals surface area contributed by atoms with Crippen LogP contribution in [0.25, 0.3) is 11.3 Å². The second-order valence-corrected chi connectivity index (χ2v) is 10.3. The average molecular weight is 493 g/mol. The van der Waals surface area contributed by atoms with Crippen LogP contribution < -0.4 is 11.5 Å². The van der Waals surface area contributed by atoms with Crippen LogP contribution >= 0.6 is 11.6 Å². The molecule has 0 bridgehead atoms. The highest BCUT2D eigenvalue weighted by molar-refractivity contribution is 6.31. The van der Waals surface area contributed by atoms with Crippen molar-refractivity contribution in [1.29, 1.82) is 0 Å². The molecule has 0 aliphatic carbocycles. The van der Waals surface area contributed by atoms with Crippen LogP contribution in [0.2, 0.25) is 5.02 Å². The molecular formula is C23H30ClFN6O3. The van der Waals surface area contributed by atoms with Crippen LogP contribution in [0, 0.1) is 11.2 Å². The molecule has 3 amide bonds. The number of urea groups is 1. The van der Waals surface area contributed by atoms with Crippen LogP contribution in [0.3, 0.4) is 0 Å². The number of amides is 3. The third-order valence-corrected chi connectivity index (χ3v) is 6.68. The fourth-order valence-electron chi connectivity index (χ4n) is 4.95. The Kier molecular flexibility index (Phi) is 6.58. The van der Waals surface area contributed by atoms with E-state index >= 15 is 0 Å². The summed E-state index contributed by atoms with van der Waals surface area (Å²) in [5, 5.41) is 4.73. The van der Waals surface area contributed by atoms with E-state index in [-0.39, 0.29) is 16.6 Å². The molecule has 0 spiro atoms. The van der Waals surface area contributed by atoms with Crippen LogP contribution in [0.5, 0.6) is 0 Å². The van der Waals surface area contributed by atoms with E-state index in [0.717, 1.165) is 13.1 Å². The van der Waals surface area contributed by atoms with E-state index in [1.165, 1.54) is 18.2 Å². The molecule has 11 heteroatoms. The zero-order valence-electron chi connectivity index (χ0n) is 19.6. The second kappa shape index (κ2) is 9.16. The Morgan fingerprint density at radius 1 is 1.24 bits per heavy atom. The predicted molar refractivity (Wildman–Crippen MR) is 126 cm³/mol. The number of primary amides is 2. The predicted octanol–water partition coefficient (Wildman–Crippen LogP) is 2.80. The first kappa shape index (κ1) is 24.4. The number of nitrogens with zero attached hydrogens (tertiary/aromatic N) is 4. The van der Waals surface area contributed by atoms with Gasteiger partial charge in [0.25, 0.3) is 5.91 Å². The lowest BCUT2D eigenvalue weighted by atomic mass is 9.80. The number of ether oxygens (including phenoxy) is 1. The molecule has 2 unspecified atom stereocenters. The van der Waals surface area contributed by atoms with Gasteiger partial charge in [-0.3, -0.25) is 14.4 Å². The number of halogens is 2. The summed E-state index contributed by atoms with van der Waals surface area (Å²) in [6.07, 6.45) is 0. The molecule has 9 nitrogen and oxygen atoms in total. The van der Waals surface area contributed by atoms with Crippen LogP contribution in [-0.4, -0.2) is 70.9 Å². The van der Waals surface area contributed by atoms with Crippen molar-refractivity contribution >= 4 is 23.5 Å². The molecule has 2 aromatic rings. The Labute approximate surface area is 202 Å². The van der Waals surface area contributed by atoms with E-state index in [1.54, 1.807) is 9.58 Å². The summed E-state index contributed by atoms with van der Waals surface area (Å²) in [5.74, 6) is -1.27. The minimum Gasteiger partial charge on any atom is -0.379 e. The molecule has 2 atom stereocenters. The number of morpholine rings is 1. The van der Waals surface area contributed by atoms with Crippen molar-refractivity contribution in [3.8, 4) is 11.3 Å². The van der Waals surface area contributed by atoms with Gasteiger partial charge in [0.1, 0.15) is 11.5 Å². The molecule has 2 aliphatic rings. The van der Waals surface area contributed by atoms with Gasteiger partial charge in [0.05, 0.1) is 41.6 Å². The maximum absolute atomic E-state index is 13.9. The van der Waals surface area contributed by atoms with Crippen molar-refractivity contribution in [2.45, 2.75) is 32.9 Å². The number of carbonyl (C=O) groups is 2. The molecular weight excluding hydrogens is 463 g/mol. The third-order valence-electron chi connectivity index (χ3n) is 6.39. The van der Waals surface area contributed by atoms with Crippen molar-refractivity contribution in [2.75, 3.05) is 39.4 Å². The van der Waals surface area contributed by atoms with E-state index < -0.39 is 29.2 Å². The minimum absolute atomic E-state index is 0.0881. The van der Waals surface area contributed by atoms with Gasteiger partial charge in [-0.15, -0.1) is 0 Å². The van der Waals surface area contributed by atoms with E-state index in [0.29, 0.717) is 43.3 Å². The standard InChI is InChI=1S/C23H30ClFN6O3/c1-23(2,3)20-19-17(21(26)32)18(13-4-5-16(25)15(24)10-13)28-31(19)14(12-30(20)22(27)33)11-29-6-8-34-9-7-29/h4-5,10,14,20H,6-9,11-12H2,1-3H3,(H2,26,32)(H2,27,33). The Morgan fingerprint density at radius 2 is 1.91 bits per heavy atom. The average Bonchev–Trinajstić information content (AvgIpc) is 3.16. The Bertz CT molecular complexity index is 1110. The Balaban J connectivity index is 1.93. The van der Waals surface area contributed by atoms with Crippen molar-refractivity contribution in [3.05, 3.63) is 40.3 Å². The summed E-state index contributed by atoms with van der Waals surface area (Å²) >= 11 is 6.03. The first-order valence-electron chi connectivity index (χ1n) is 11.2. The van der Waals surface area contributed by atoms with Gasteiger partial charge >= 0.3 is 6.03 Å².